The monoisotopic (exact) mass is 878 g/mol. The molecule has 336 valence electrons. The van der Waals surface area contributed by atoms with E-state index in [2.05, 4.69) is 0 Å². The number of phenolic OH excluding ortho intramolecular Hbond substituents is 7. The number of methoxy groups -OCH3 is 1. The predicted octanol–water partition coefficient (Wildman–Crippen LogP) is 10.00. The van der Waals surface area contributed by atoms with Crippen molar-refractivity contribution in [3.8, 4) is 46.0 Å². The fraction of sp³-hybridized carbons (Fsp3) is 0.241. The van der Waals surface area contributed by atoms with Gasteiger partial charge in [-0.3, -0.25) is 4.79 Å². The standard InChI is InChI=1S/C54H54O11/c1-64-48-32-47(61)50(46(36-15-26-43(59)27-16-36)4-2-3-39(55)19-6-34-9-22-41(57)23-10-34)53(63)51(48)52(62)49-38(14-5-33-7-20-40(56)21-8-33)31-45(30-13-35-11-24-42(58)25-12-35)65-54(49)37-17-28-44(60)29-18-37/h2,4-5,7-12,14-18,20-29,32,38-39,45-46,49,54-61,63H,3,6,13,19,30-31H2,1H3/b4-2-,14-5+/t38-,39-,45+,46+,49+,54+/m1/s1. The van der Waals surface area contributed by atoms with Crippen molar-refractivity contribution in [1.29, 1.82) is 0 Å². The van der Waals surface area contributed by atoms with Crippen molar-refractivity contribution < 1.29 is 55.1 Å². The summed E-state index contributed by atoms with van der Waals surface area (Å²) in [4.78, 5) is 15.6. The molecule has 0 bridgehead atoms. The number of aryl methyl sites for hydroxylation is 2. The van der Waals surface area contributed by atoms with Gasteiger partial charge in [-0.05, 0) is 133 Å². The molecular weight excluding hydrogens is 825 g/mol. The number of rotatable bonds is 17. The number of aliphatic hydroxyl groups excluding tert-OH is 1. The van der Waals surface area contributed by atoms with Crippen molar-refractivity contribution in [2.24, 2.45) is 11.8 Å². The maximum absolute atomic E-state index is 15.6. The van der Waals surface area contributed by atoms with E-state index in [4.69, 9.17) is 9.47 Å². The summed E-state index contributed by atoms with van der Waals surface area (Å²) < 4.78 is 12.6. The topological polar surface area (TPSA) is 197 Å². The number of Topliss-reactive ketones (excluding diaryl/α,β-unsaturated/α-hetero) is 1. The zero-order valence-electron chi connectivity index (χ0n) is 35.9. The molecule has 1 heterocycles. The van der Waals surface area contributed by atoms with Crippen LogP contribution in [-0.2, 0) is 17.6 Å². The molecular formula is C54H54O11. The molecule has 0 radical (unpaired) electrons. The van der Waals surface area contributed by atoms with Crippen LogP contribution in [0.2, 0.25) is 0 Å². The molecule has 65 heavy (non-hydrogen) atoms. The van der Waals surface area contributed by atoms with Crippen molar-refractivity contribution in [2.75, 3.05) is 7.11 Å². The van der Waals surface area contributed by atoms with Gasteiger partial charge in [0.1, 0.15) is 51.6 Å². The van der Waals surface area contributed by atoms with Crippen molar-refractivity contribution in [3.63, 3.8) is 0 Å². The highest BCUT2D eigenvalue weighted by molar-refractivity contribution is 6.04. The minimum atomic E-state index is -0.971. The zero-order valence-corrected chi connectivity index (χ0v) is 35.9. The number of hydrogen-bond donors (Lipinski definition) is 8. The SMILES string of the molecule is COc1cc(O)c([C@@H](/C=C\C[C@@H](O)CCc2ccc(O)cc2)c2ccc(O)cc2)c(O)c1C(=O)[C@@H]1[C@H](/C=C/c2ccc(O)cc2)C[C@H](CCc2ccc(O)cc2)O[C@H]1c1ccc(O)cc1. The molecule has 1 aliphatic heterocycles. The molecule has 0 aromatic heterocycles. The molecule has 6 aromatic carbocycles. The van der Waals surface area contributed by atoms with Gasteiger partial charge < -0.3 is 50.3 Å². The predicted molar refractivity (Wildman–Crippen MR) is 248 cm³/mol. The Labute approximate surface area is 378 Å². The summed E-state index contributed by atoms with van der Waals surface area (Å²) in [6, 6.07) is 34.4. The van der Waals surface area contributed by atoms with Crippen molar-refractivity contribution in [2.45, 2.75) is 62.8 Å². The largest absolute Gasteiger partial charge is 0.508 e. The van der Waals surface area contributed by atoms with Crippen LogP contribution in [0.1, 0.15) is 81.4 Å². The van der Waals surface area contributed by atoms with E-state index in [1.54, 1.807) is 97.1 Å². The molecule has 0 amide bonds. The maximum Gasteiger partial charge on any atom is 0.176 e. The van der Waals surface area contributed by atoms with Crippen LogP contribution in [-0.4, -0.2) is 66.0 Å². The first-order valence-electron chi connectivity index (χ1n) is 21.6. The second-order valence-corrected chi connectivity index (χ2v) is 16.5. The average molecular weight is 879 g/mol. The maximum atomic E-state index is 15.6. The molecule has 0 aliphatic carbocycles. The number of ketones is 1. The molecule has 0 unspecified atom stereocenters. The molecule has 7 rings (SSSR count). The summed E-state index contributed by atoms with van der Waals surface area (Å²) in [7, 11) is 1.35. The van der Waals surface area contributed by atoms with E-state index >= 15 is 4.79 Å². The van der Waals surface area contributed by atoms with Crippen LogP contribution in [0.3, 0.4) is 0 Å². The van der Waals surface area contributed by atoms with E-state index in [0.717, 1.165) is 16.7 Å². The first-order valence-corrected chi connectivity index (χ1v) is 21.6. The van der Waals surface area contributed by atoms with Gasteiger partial charge in [-0.25, -0.2) is 0 Å². The molecule has 1 fully saturated rings. The van der Waals surface area contributed by atoms with Gasteiger partial charge >= 0.3 is 0 Å². The first kappa shape index (κ1) is 45.8. The van der Waals surface area contributed by atoms with Crippen LogP contribution in [0.15, 0.2) is 146 Å². The summed E-state index contributed by atoms with van der Waals surface area (Å²) in [5, 5.41) is 85.1. The molecule has 0 spiro atoms. The van der Waals surface area contributed by atoms with Gasteiger partial charge in [0.2, 0.25) is 0 Å². The fourth-order valence-electron chi connectivity index (χ4n) is 8.56. The number of phenols is 7. The number of carbonyl (C=O) groups excluding carboxylic acids is 1. The normalized spacial score (nSPS) is 18.4. The van der Waals surface area contributed by atoms with Gasteiger partial charge in [-0.1, -0.05) is 85.0 Å². The number of benzene rings is 6. The minimum Gasteiger partial charge on any atom is -0.508 e. The summed E-state index contributed by atoms with van der Waals surface area (Å²) in [6.07, 6.45) is 8.17. The lowest BCUT2D eigenvalue weighted by Gasteiger charge is -2.41. The Morgan fingerprint density at radius 1 is 0.723 bits per heavy atom. The molecule has 0 saturated carbocycles. The average Bonchev–Trinajstić information content (AvgIpc) is 3.30. The van der Waals surface area contributed by atoms with E-state index in [9.17, 15) is 40.9 Å². The minimum absolute atomic E-state index is 0.00511. The summed E-state index contributed by atoms with van der Waals surface area (Å²) in [5.41, 5.74) is 3.75. The lowest BCUT2D eigenvalue weighted by Crippen LogP contribution is -2.40. The number of carbonyl (C=O) groups is 1. The Balaban J connectivity index is 1.28. The highest BCUT2D eigenvalue weighted by Crippen LogP contribution is 2.50. The molecule has 1 saturated heterocycles. The highest BCUT2D eigenvalue weighted by Gasteiger charge is 2.45. The van der Waals surface area contributed by atoms with Crippen LogP contribution in [0.5, 0.6) is 46.0 Å². The van der Waals surface area contributed by atoms with E-state index in [0.29, 0.717) is 43.2 Å². The van der Waals surface area contributed by atoms with Crippen molar-refractivity contribution >= 4 is 11.9 Å². The quantitative estimate of drug-likeness (QED) is 0.0321. The van der Waals surface area contributed by atoms with Gasteiger partial charge in [-0.2, -0.15) is 0 Å². The second-order valence-electron chi connectivity index (χ2n) is 16.5. The fourth-order valence-corrected chi connectivity index (χ4v) is 8.56. The third-order valence-electron chi connectivity index (χ3n) is 12.1. The van der Waals surface area contributed by atoms with Gasteiger partial charge in [-0.15, -0.1) is 0 Å². The summed E-state index contributed by atoms with van der Waals surface area (Å²) in [5.74, 6) is -3.31. The highest BCUT2D eigenvalue weighted by atomic mass is 16.5. The van der Waals surface area contributed by atoms with E-state index < -0.39 is 41.5 Å². The Kier molecular flexibility index (Phi) is 14.8. The van der Waals surface area contributed by atoms with Crippen LogP contribution in [0.25, 0.3) is 6.08 Å². The molecule has 11 nitrogen and oxygen atoms in total. The zero-order chi connectivity index (χ0) is 46.0. The molecule has 8 N–H and O–H groups in total. The molecule has 11 heteroatoms. The lowest BCUT2D eigenvalue weighted by atomic mass is 9.73. The van der Waals surface area contributed by atoms with Gasteiger partial charge in [0.25, 0.3) is 0 Å². The van der Waals surface area contributed by atoms with Crippen LogP contribution < -0.4 is 4.74 Å². The lowest BCUT2D eigenvalue weighted by molar-refractivity contribution is -0.0938. The number of aromatic hydroxyl groups is 7. The Hall–Kier alpha value is -7.21. The molecule has 1 aliphatic rings. The molecule has 6 atom stereocenters. The summed E-state index contributed by atoms with van der Waals surface area (Å²) in [6.45, 7) is 0. The number of allylic oxidation sites excluding steroid dienone is 2. The van der Waals surface area contributed by atoms with Gasteiger partial charge in [0.05, 0.1) is 31.3 Å². The van der Waals surface area contributed by atoms with E-state index in [1.807, 2.05) is 24.3 Å². The van der Waals surface area contributed by atoms with Crippen molar-refractivity contribution in [3.05, 3.63) is 185 Å². The summed E-state index contributed by atoms with van der Waals surface area (Å²) >= 11 is 0. The van der Waals surface area contributed by atoms with E-state index in [1.165, 1.54) is 37.4 Å². The van der Waals surface area contributed by atoms with Crippen LogP contribution in [0, 0.1) is 11.8 Å². The first-order chi connectivity index (χ1) is 31.4. The van der Waals surface area contributed by atoms with Crippen molar-refractivity contribution in [1.82, 2.24) is 0 Å². The second kappa shape index (κ2) is 21.0. The van der Waals surface area contributed by atoms with E-state index in [-0.39, 0.29) is 63.9 Å². The number of aliphatic hydroxyl groups is 1. The smallest absolute Gasteiger partial charge is 0.176 e. The number of ether oxygens (including phenoxy) is 2. The number of hydrogen-bond acceptors (Lipinski definition) is 11. The van der Waals surface area contributed by atoms with Crippen LogP contribution in [0.4, 0.5) is 0 Å². The Bertz CT molecular complexity index is 2570. The Morgan fingerprint density at radius 3 is 1.85 bits per heavy atom. The molecule has 6 aromatic rings. The van der Waals surface area contributed by atoms with Gasteiger partial charge in [0.15, 0.2) is 5.78 Å². The van der Waals surface area contributed by atoms with Crippen LogP contribution >= 0.6 is 0 Å². The van der Waals surface area contributed by atoms with Gasteiger partial charge in [0, 0.05) is 17.5 Å². The Morgan fingerprint density at radius 2 is 1.26 bits per heavy atom. The third-order valence-corrected chi connectivity index (χ3v) is 12.1. The third kappa shape index (κ3) is 11.5.